The summed E-state index contributed by atoms with van der Waals surface area (Å²) in [4.78, 5) is 12.1. The number of hydrogen-bond acceptors (Lipinski definition) is 7. The third-order valence-corrected chi connectivity index (χ3v) is 16.5. The predicted octanol–water partition coefficient (Wildman–Crippen LogP) is 7.39. The first kappa shape index (κ1) is 33.5. The lowest BCUT2D eigenvalue weighted by Gasteiger charge is -2.46. The van der Waals surface area contributed by atoms with Crippen LogP contribution in [0.1, 0.15) is 69.5 Å². The van der Waals surface area contributed by atoms with Gasteiger partial charge in [0.2, 0.25) is 5.95 Å². The maximum absolute atomic E-state index is 7.60. The topological polar surface area (TPSA) is 77.3 Å². The van der Waals surface area contributed by atoms with E-state index in [0.29, 0.717) is 36.3 Å². The van der Waals surface area contributed by atoms with Gasteiger partial charge in [-0.15, -0.1) is 0 Å². The average Bonchev–Trinajstić information content (AvgIpc) is 3.75. The molecule has 260 valence electrons. The van der Waals surface area contributed by atoms with Gasteiger partial charge in [-0.05, 0) is 90.3 Å². The van der Waals surface area contributed by atoms with Gasteiger partial charge in [0.15, 0.2) is 5.15 Å². The molecule has 2 atom stereocenters. The van der Waals surface area contributed by atoms with E-state index in [1.807, 2.05) is 10.9 Å². The van der Waals surface area contributed by atoms with Gasteiger partial charge in [0.25, 0.3) is 8.32 Å². The van der Waals surface area contributed by atoms with Crippen molar-refractivity contribution >= 4 is 52.8 Å². The Kier molecular flexibility index (Phi) is 9.06. The Balaban J connectivity index is 0.997. The van der Waals surface area contributed by atoms with Gasteiger partial charge in [-0.1, -0.05) is 93.0 Å². The SMILES string of the molecule is Cc1cc2cnc(Nc3cnn(C4CC4)c3Cl)nc2cc1C1CCN([C@H]2COC[C@H]2O[Si](c2ccccc2)(c2ccccc2)C(C)(C)C)CC1. The number of benzene rings is 3. The van der Waals surface area contributed by atoms with Gasteiger partial charge in [-0.2, -0.15) is 5.10 Å². The van der Waals surface area contributed by atoms with E-state index in [1.165, 1.54) is 21.5 Å². The molecule has 10 heteroatoms. The number of fused-ring (bicyclic) bond motifs is 1. The van der Waals surface area contributed by atoms with Crippen molar-refractivity contribution in [1.82, 2.24) is 24.6 Å². The number of halogens is 1. The standard InChI is InChI=1S/C40H47ClN6O2Si/c1-27-21-29-23-42-39(45-35-24-43-47(38(35)41)30-15-16-30)44-34(29)22-33(27)28-17-19-46(20-18-28)36-25-48-26-37(36)49-50(40(2,3)4,31-11-7-5-8-12-31)32-13-9-6-10-14-32/h5-14,21-24,28,30,36-37H,15-20,25-26H2,1-4H3,(H,42,44,45)/t36-,37+/m0/s1. The van der Waals surface area contributed by atoms with Crippen LogP contribution in [0.3, 0.4) is 0 Å². The summed E-state index contributed by atoms with van der Waals surface area (Å²) >= 11 is 6.61. The molecular weight excluding hydrogens is 660 g/mol. The minimum absolute atomic E-state index is 0.00719. The highest BCUT2D eigenvalue weighted by atomic mass is 35.5. The molecule has 0 amide bonds. The molecular formula is C40H47ClN6O2Si. The smallest absolute Gasteiger partial charge is 0.261 e. The van der Waals surface area contributed by atoms with Crippen molar-refractivity contribution in [3.05, 3.63) is 101 Å². The number of piperidine rings is 1. The Bertz CT molecular complexity index is 1910. The molecule has 4 heterocycles. The zero-order chi connectivity index (χ0) is 34.5. The van der Waals surface area contributed by atoms with Gasteiger partial charge in [-0.3, -0.25) is 4.90 Å². The zero-order valence-electron chi connectivity index (χ0n) is 29.5. The molecule has 50 heavy (non-hydrogen) atoms. The summed E-state index contributed by atoms with van der Waals surface area (Å²) < 4.78 is 15.7. The maximum Gasteiger partial charge on any atom is 0.261 e. The Hall–Kier alpha value is -3.60. The summed E-state index contributed by atoms with van der Waals surface area (Å²) in [6.07, 6.45) is 8.09. The Morgan fingerprint density at radius 1 is 0.900 bits per heavy atom. The minimum atomic E-state index is -2.69. The lowest BCUT2D eigenvalue weighted by atomic mass is 9.85. The summed E-state index contributed by atoms with van der Waals surface area (Å²) in [5, 5.41) is 12.0. The van der Waals surface area contributed by atoms with E-state index in [9.17, 15) is 0 Å². The van der Waals surface area contributed by atoms with Crippen LogP contribution in [0.2, 0.25) is 10.2 Å². The lowest BCUT2D eigenvalue weighted by molar-refractivity contribution is 0.0747. The van der Waals surface area contributed by atoms with E-state index in [2.05, 4.69) is 121 Å². The van der Waals surface area contributed by atoms with Gasteiger partial charge in [0.05, 0.1) is 48.8 Å². The molecule has 0 radical (unpaired) electrons. The van der Waals surface area contributed by atoms with E-state index in [4.69, 9.17) is 25.7 Å². The minimum Gasteiger partial charge on any atom is -0.400 e. The number of rotatable bonds is 9. The molecule has 2 saturated heterocycles. The number of nitrogens with one attached hydrogen (secondary N) is 1. The number of aromatic nitrogens is 4. The fourth-order valence-corrected chi connectivity index (χ4v) is 13.2. The highest BCUT2D eigenvalue weighted by Gasteiger charge is 2.53. The summed E-state index contributed by atoms with van der Waals surface area (Å²) in [5.41, 5.74) is 4.36. The molecule has 2 aromatic heterocycles. The van der Waals surface area contributed by atoms with Crippen LogP contribution in [-0.2, 0) is 9.16 Å². The van der Waals surface area contributed by atoms with Crippen LogP contribution in [0.25, 0.3) is 10.9 Å². The Labute approximate surface area is 301 Å². The molecule has 2 aliphatic heterocycles. The molecule has 5 aromatic rings. The van der Waals surface area contributed by atoms with Crippen molar-refractivity contribution in [2.45, 2.75) is 82.5 Å². The highest BCUT2D eigenvalue weighted by Crippen LogP contribution is 2.41. The molecule has 0 bridgehead atoms. The molecule has 1 saturated carbocycles. The number of nitrogens with zero attached hydrogens (tertiary/aromatic N) is 5. The van der Waals surface area contributed by atoms with Crippen molar-refractivity contribution in [1.29, 1.82) is 0 Å². The number of likely N-dealkylation sites (tertiary alicyclic amines) is 1. The normalized spacial score (nSPS) is 20.8. The van der Waals surface area contributed by atoms with E-state index in [1.54, 1.807) is 6.20 Å². The molecule has 1 N–H and O–H groups in total. The first-order valence-corrected chi connectivity index (χ1v) is 20.4. The molecule has 3 aliphatic rings. The Morgan fingerprint density at radius 3 is 2.22 bits per heavy atom. The fourth-order valence-electron chi connectivity index (χ4n) is 8.27. The van der Waals surface area contributed by atoms with Crippen molar-refractivity contribution in [2.24, 2.45) is 0 Å². The fraction of sp³-hybridized carbons (Fsp3) is 0.425. The van der Waals surface area contributed by atoms with Crippen LogP contribution in [-0.4, -0.2) is 71.4 Å². The third kappa shape index (κ3) is 6.28. The van der Waals surface area contributed by atoms with Crippen LogP contribution in [0.5, 0.6) is 0 Å². The van der Waals surface area contributed by atoms with E-state index in [-0.39, 0.29) is 17.2 Å². The second-order valence-electron chi connectivity index (χ2n) is 15.3. The van der Waals surface area contributed by atoms with Crippen LogP contribution in [0, 0.1) is 6.92 Å². The zero-order valence-corrected chi connectivity index (χ0v) is 31.2. The summed E-state index contributed by atoms with van der Waals surface area (Å²) in [7, 11) is -2.69. The largest absolute Gasteiger partial charge is 0.400 e. The van der Waals surface area contributed by atoms with Crippen molar-refractivity contribution < 1.29 is 9.16 Å². The van der Waals surface area contributed by atoms with E-state index in [0.717, 1.165) is 55.4 Å². The lowest BCUT2D eigenvalue weighted by Crippen LogP contribution is -2.69. The maximum atomic E-state index is 7.60. The van der Waals surface area contributed by atoms with Gasteiger partial charge in [0, 0.05) is 11.6 Å². The molecule has 1 aliphatic carbocycles. The number of hydrogen-bond donors (Lipinski definition) is 1. The summed E-state index contributed by atoms with van der Waals surface area (Å²) in [6, 6.07) is 27.1. The number of ether oxygens (including phenoxy) is 1. The molecule has 8 nitrogen and oxygen atoms in total. The monoisotopic (exact) mass is 706 g/mol. The molecule has 0 unspecified atom stereocenters. The van der Waals surface area contributed by atoms with Crippen LogP contribution >= 0.6 is 11.6 Å². The molecule has 3 aromatic carbocycles. The second-order valence-corrected chi connectivity index (χ2v) is 20.0. The van der Waals surface area contributed by atoms with Crippen molar-refractivity contribution in [3.8, 4) is 0 Å². The van der Waals surface area contributed by atoms with E-state index < -0.39 is 8.32 Å². The van der Waals surface area contributed by atoms with Crippen LogP contribution < -0.4 is 15.7 Å². The van der Waals surface area contributed by atoms with Gasteiger partial charge in [0.1, 0.15) is 0 Å². The average molecular weight is 707 g/mol. The molecule has 3 fully saturated rings. The second kappa shape index (κ2) is 13.5. The summed E-state index contributed by atoms with van der Waals surface area (Å²) in [5.74, 6) is 0.999. The third-order valence-electron chi connectivity index (χ3n) is 11.0. The predicted molar refractivity (Wildman–Crippen MR) is 204 cm³/mol. The highest BCUT2D eigenvalue weighted by molar-refractivity contribution is 6.99. The van der Waals surface area contributed by atoms with E-state index >= 15 is 0 Å². The van der Waals surface area contributed by atoms with Crippen LogP contribution in [0.15, 0.2) is 85.2 Å². The molecule has 0 spiro atoms. The van der Waals surface area contributed by atoms with Crippen LogP contribution in [0.4, 0.5) is 11.6 Å². The first-order chi connectivity index (χ1) is 24.2. The van der Waals surface area contributed by atoms with Gasteiger partial charge < -0.3 is 14.5 Å². The number of aryl methyl sites for hydroxylation is 1. The van der Waals surface area contributed by atoms with Crippen molar-refractivity contribution in [3.63, 3.8) is 0 Å². The molecule has 8 rings (SSSR count). The summed E-state index contributed by atoms with van der Waals surface area (Å²) in [6.45, 7) is 12.6. The van der Waals surface area contributed by atoms with Gasteiger partial charge in [-0.25, -0.2) is 14.6 Å². The first-order valence-electron chi connectivity index (χ1n) is 18.1. The van der Waals surface area contributed by atoms with Gasteiger partial charge >= 0.3 is 0 Å². The van der Waals surface area contributed by atoms with Crippen molar-refractivity contribution in [2.75, 3.05) is 31.6 Å². The quantitative estimate of drug-likeness (QED) is 0.160. The number of anilines is 2. The Morgan fingerprint density at radius 2 is 1.58 bits per heavy atom.